The van der Waals surface area contributed by atoms with E-state index < -0.39 is 0 Å². The van der Waals surface area contributed by atoms with Crippen molar-refractivity contribution in [3.63, 3.8) is 0 Å². The lowest BCUT2D eigenvalue weighted by Gasteiger charge is -2.13. The first-order valence-electron chi connectivity index (χ1n) is 9.02. The molecule has 7 nitrogen and oxygen atoms in total. The fourth-order valence-electron chi connectivity index (χ4n) is 2.49. The van der Waals surface area contributed by atoms with Crippen molar-refractivity contribution in [3.8, 4) is 11.5 Å². The van der Waals surface area contributed by atoms with Gasteiger partial charge in [-0.1, -0.05) is 17.7 Å². The first-order chi connectivity index (χ1) is 14.4. The number of hydrazone groups is 1. The van der Waals surface area contributed by atoms with Crippen LogP contribution in [0.4, 0.5) is 10.8 Å². The summed E-state index contributed by atoms with van der Waals surface area (Å²) in [5, 5.41) is 9.65. The summed E-state index contributed by atoms with van der Waals surface area (Å²) < 4.78 is 11.8. The predicted molar refractivity (Wildman–Crippen MR) is 124 cm³/mol. The van der Waals surface area contributed by atoms with Crippen molar-refractivity contribution in [3.05, 3.63) is 63.1 Å². The van der Waals surface area contributed by atoms with Crippen LogP contribution in [0.5, 0.6) is 11.5 Å². The highest BCUT2D eigenvalue weighted by Crippen LogP contribution is 2.36. The third-order valence-corrected chi connectivity index (χ3v) is 5.38. The van der Waals surface area contributed by atoms with Gasteiger partial charge >= 0.3 is 0 Å². The fourth-order valence-corrected chi connectivity index (χ4v) is 3.70. The fraction of sp³-hybridized carbons (Fsp3) is 0.190. The van der Waals surface area contributed by atoms with Crippen LogP contribution in [0.15, 0.2) is 51.4 Å². The second-order valence-corrected chi connectivity index (χ2v) is 8.11. The van der Waals surface area contributed by atoms with Crippen LogP contribution in [-0.4, -0.2) is 30.8 Å². The maximum atomic E-state index is 12.2. The van der Waals surface area contributed by atoms with Gasteiger partial charge in [-0.05, 0) is 59.6 Å². The molecule has 0 bridgehead atoms. The highest BCUT2D eigenvalue weighted by Gasteiger charge is 2.13. The number of nitrogens with zero attached hydrogens (tertiary/aromatic N) is 2. The third kappa shape index (κ3) is 6.04. The van der Waals surface area contributed by atoms with Crippen LogP contribution < -0.4 is 20.2 Å². The van der Waals surface area contributed by atoms with E-state index in [2.05, 4.69) is 36.8 Å². The monoisotopic (exact) mass is 488 g/mol. The zero-order valence-electron chi connectivity index (χ0n) is 16.7. The zero-order valence-corrected chi connectivity index (χ0v) is 19.1. The van der Waals surface area contributed by atoms with E-state index in [1.54, 1.807) is 19.4 Å². The number of methoxy groups -OCH3 is 1. The van der Waals surface area contributed by atoms with Crippen molar-refractivity contribution in [2.75, 3.05) is 24.5 Å². The number of thiazole rings is 1. The Morgan fingerprint density at radius 2 is 2.03 bits per heavy atom. The van der Waals surface area contributed by atoms with Crippen molar-refractivity contribution >= 4 is 50.2 Å². The molecule has 0 fully saturated rings. The maximum absolute atomic E-state index is 12.2. The van der Waals surface area contributed by atoms with Crippen LogP contribution in [0.2, 0.25) is 0 Å². The van der Waals surface area contributed by atoms with Crippen molar-refractivity contribution in [2.24, 2.45) is 5.10 Å². The second-order valence-electron chi connectivity index (χ2n) is 6.40. The van der Waals surface area contributed by atoms with Crippen LogP contribution in [0.25, 0.3) is 0 Å². The number of carbonyl (C=O) groups is 1. The second kappa shape index (κ2) is 10.2. The molecule has 2 aromatic carbocycles. The van der Waals surface area contributed by atoms with Gasteiger partial charge in [0.05, 0.1) is 23.5 Å². The van der Waals surface area contributed by atoms with Gasteiger partial charge in [-0.2, -0.15) is 5.10 Å². The maximum Gasteiger partial charge on any atom is 0.262 e. The van der Waals surface area contributed by atoms with E-state index >= 15 is 0 Å². The van der Waals surface area contributed by atoms with Gasteiger partial charge in [0.1, 0.15) is 0 Å². The summed E-state index contributed by atoms with van der Waals surface area (Å²) in [5.41, 5.74) is 6.46. The number of hydrogen-bond acceptors (Lipinski definition) is 7. The summed E-state index contributed by atoms with van der Waals surface area (Å²) in [6.45, 7) is 3.76. The molecule has 0 spiro atoms. The Labute approximate surface area is 187 Å². The van der Waals surface area contributed by atoms with E-state index in [0.717, 1.165) is 22.5 Å². The van der Waals surface area contributed by atoms with Gasteiger partial charge in [-0.3, -0.25) is 10.2 Å². The molecule has 0 aliphatic carbocycles. The van der Waals surface area contributed by atoms with E-state index in [9.17, 15) is 4.79 Å². The lowest BCUT2D eigenvalue weighted by atomic mass is 10.2. The molecule has 0 radical (unpaired) electrons. The molecule has 1 aromatic heterocycles. The number of carbonyl (C=O) groups excluding carboxylic acids is 1. The third-order valence-electron chi connectivity index (χ3n) is 3.93. The standard InChI is InChI=1S/C21H21BrN4O3S/c1-13-4-6-16(7-5-13)25-19(27)11-29-20-17(22)8-15(9-18(20)28-3)10-23-26-21-24-14(2)12-30-21/h4-10,12H,11H2,1-3H3,(H,24,26)(H,25,27). The molecule has 0 saturated heterocycles. The molecule has 9 heteroatoms. The molecule has 0 saturated carbocycles. The van der Waals surface area contributed by atoms with Crippen LogP contribution in [-0.2, 0) is 4.79 Å². The van der Waals surface area contributed by atoms with Crippen molar-refractivity contribution in [1.29, 1.82) is 0 Å². The lowest BCUT2D eigenvalue weighted by molar-refractivity contribution is -0.118. The van der Waals surface area contributed by atoms with E-state index in [1.165, 1.54) is 11.3 Å². The first kappa shape index (κ1) is 21.8. The van der Waals surface area contributed by atoms with Crippen LogP contribution in [0.1, 0.15) is 16.8 Å². The smallest absolute Gasteiger partial charge is 0.262 e. The van der Waals surface area contributed by atoms with Gasteiger partial charge in [0.25, 0.3) is 5.91 Å². The van der Waals surface area contributed by atoms with E-state index in [1.807, 2.05) is 49.6 Å². The number of ether oxygens (including phenoxy) is 2. The Hall–Kier alpha value is -2.91. The van der Waals surface area contributed by atoms with E-state index in [0.29, 0.717) is 21.1 Å². The molecule has 0 atom stereocenters. The summed E-state index contributed by atoms with van der Waals surface area (Å²) in [6, 6.07) is 11.2. The number of hydrogen-bond donors (Lipinski definition) is 2. The topological polar surface area (TPSA) is 84.8 Å². The molecule has 3 rings (SSSR count). The molecule has 2 N–H and O–H groups in total. The largest absolute Gasteiger partial charge is 0.493 e. The molecular formula is C21H21BrN4O3S. The predicted octanol–water partition coefficient (Wildman–Crippen LogP) is 4.99. The Morgan fingerprint density at radius 3 is 2.70 bits per heavy atom. The number of benzene rings is 2. The summed E-state index contributed by atoms with van der Waals surface area (Å²) in [5.74, 6) is 0.664. The SMILES string of the molecule is COc1cc(C=NNc2nc(C)cs2)cc(Br)c1OCC(=O)Nc1ccc(C)cc1. The molecule has 0 aliphatic rings. The molecule has 156 valence electrons. The van der Waals surface area contributed by atoms with Gasteiger partial charge in [-0.15, -0.1) is 11.3 Å². The van der Waals surface area contributed by atoms with Gasteiger partial charge in [-0.25, -0.2) is 4.98 Å². The molecule has 1 heterocycles. The highest BCUT2D eigenvalue weighted by atomic mass is 79.9. The van der Waals surface area contributed by atoms with Crippen molar-refractivity contribution in [1.82, 2.24) is 4.98 Å². The minimum absolute atomic E-state index is 0.152. The Bertz CT molecular complexity index is 1050. The average Bonchev–Trinajstić information content (AvgIpc) is 3.13. The molecule has 3 aromatic rings. The number of nitrogens with one attached hydrogen (secondary N) is 2. The quantitative estimate of drug-likeness (QED) is 0.344. The number of rotatable bonds is 8. The van der Waals surface area contributed by atoms with Gasteiger partial charge in [0.2, 0.25) is 5.13 Å². The number of aromatic nitrogens is 1. The normalized spacial score (nSPS) is 10.8. The Morgan fingerprint density at radius 1 is 1.27 bits per heavy atom. The van der Waals surface area contributed by atoms with E-state index in [4.69, 9.17) is 9.47 Å². The van der Waals surface area contributed by atoms with Crippen LogP contribution in [0.3, 0.4) is 0 Å². The molecular weight excluding hydrogens is 468 g/mol. The minimum atomic E-state index is -0.263. The van der Waals surface area contributed by atoms with Crippen LogP contribution >= 0.6 is 27.3 Å². The van der Waals surface area contributed by atoms with Gasteiger partial charge < -0.3 is 14.8 Å². The summed E-state index contributed by atoms with van der Waals surface area (Å²) in [7, 11) is 1.54. The molecule has 0 aliphatic heterocycles. The first-order valence-corrected chi connectivity index (χ1v) is 10.7. The van der Waals surface area contributed by atoms with Gasteiger partial charge in [0, 0.05) is 11.1 Å². The summed E-state index contributed by atoms with van der Waals surface area (Å²) in [6.07, 6.45) is 1.65. The molecule has 1 amide bonds. The zero-order chi connectivity index (χ0) is 21.5. The van der Waals surface area contributed by atoms with Crippen LogP contribution in [0, 0.1) is 13.8 Å². The number of aryl methyl sites for hydroxylation is 2. The highest BCUT2D eigenvalue weighted by molar-refractivity contribution is 9.10. The van der Waals surface area contributed by atoms with Crippen molar-refractivity contribution in [2.45, 2.75) is 13.8 Å². The lowest BCUT2D eigenvalue weighted by Crippen LogP contribution is -2.20. The Kier molecular flexibility index (Phi) is 7.42. The minimum Gasteiger partial charge on any atom is -0.493 e. The molecule has 30 heavy (non-hydrogen) atoms. The Balaban J connectivity index is 1.63. The van der Waals surface area contributed by atoms with Crippen molar-refractivity contribution < 1.29 is 14.3 Å². The summed E-state index contributed by atoms with van der Waals surface area (Å²) >= 11 is 4.96. The number of amides is 1. The summed E-state index contributed by atoms with van der Waals surface area (Å²) in [4.78, 5) is 16.5. The van der Waals surface area contributed by atoms with Gasteiger partial charge in [0.15, 0.2) is 18.1 Å². The molecule has 0 unspecified atom stereocenters. The van der Waals surface area contributed by atoms with E-state index in [-0.39, 0.29) is 12.5 Å². The number of halogens is 1. The average molecular weight is 489 g/mol. The number of anilines is 2.